The molecule has 2 atom stereocenters. The van der Waals surface area contributed by atoms with Crippen molar-refractivity contribution in [3.8, 4) is 0 Å². The minimum absolute atomic E-state index is 0.0564. The van der Waals surface area contributed by atoms with Crippen molar-refractivity contribution in [3.63, 3.8) is 0 Å². The first-order chi connectivity index (χ1) is 12.0. The van der Waals surface area contributed by atoms with E-state index in [0.29, 0.717) is 19.5 Å². The molecule has 0 saturated carbocycles. The number of hydroxylamine groups is 2. The number of hydrogen-bond acceptors (Lipinski definition) is 5. The van der Waals surface area contributed by atoms with Gasteiger partial charge in [0, 0.05) is 19.5 Å². The standard InChI is InChI=1S/C20H33NO4Si/c1-16(24-26(6,7)19(2,3)4)20(18(22)23-5)13-14-21(25-20)15-17-11-9-8-10-12-17/h8-12,16H,13-15H2,1-7H3/t16-,20+/m1/s1. The molecule has 0 N–H and O–H groups in total. The van der Waals surface area contributed by atoms with Crippen LogP contribution in [0, 0.1) is 0 Å². The van der Waals surface area contributed by atoms with E-state index < -0.39 is 13.9 Å². The van der Waals surface area contributed by atoms with Crippen LogP contribution in [-0.2, 0) is 25.3 Å². The summed E-state index contributed by atoms with van der Waals surface area (Å²) in [6, 6.07) is 10.1. The summed E-state index contributed by atoms with van der Waals surface area (Å²) in [6.45, 7) is 14.2. The number of rotatable bonds is 6. The van der Waals surface area contributed by atoms with Crippen LogP contribution in [0.4, 0.5) is 0 Å². The molecule has 1 aromatic rings. The van der Waals surface area contributed by atoms with Crippen molar-refractivity contribution in [2.75, 3.05) is 13.7 Å². The van der Waals surface area contributed by atoms with Gasteiger partial charge >= 0.3 is 5.97 Å². The quantitative estimate of drug-likeness (QED) is 0.549. The van der Waals surface area contributed by atoms with Gasteiger partial charge in [0.15, 0.2) is 8.32 Å². The van der Waals surface area contributed by atoms with Crippen LogP contribution in [0.3, 0.4) is 0 Å². The average Bonchev–Trinajstić information content (AvgIpc) is 2.99. The largest absolute Gasteiger partial charge is 0.467 e. The van der Waals surface area contributed by atoms with Crippen LogP contribution in [0.2, 0.25) is 18.1 Å². The van der Waals surface area contributed by atoms with Gasteiger partial charge in [0.25, 0.3) is 0 Å². The zero-order valence-corrected chi connectivity index (χ0v) is 18.2. The van der Waals surface area contributed by atoms with Crippen molar-refractivity contribution in [1.82, 2.24) is 5.06 Å². The number of benzene rings is 1. The molecule has 0 amide bonds. The fraction of sp³-hybridized carbons (Fsp3) is 0.650. The molecule has 0 aliphatic carbocycles. The van der Waals surface area contributed by atoms with Gasteiger partial charge in [0.2, 0.25) is 5.60 Å². The Labute approximate surface area is 158 Å². The van der Waals surface area contributed by atoms with Gasteiger partial charge in [-0.3, -0.25) is 4.84 Å². The Morgan fingerprint density at radius 1 is 1.31 bits per heavy atom. The molecule has 0 spiro atoms. The minimum atomic E-state index is -2.04. The molecule has 1 saturated heterocycles. The van der Waals surface area contributed by atoms with Crippen LogP contribution in [-0.4, -0.2) is 44.7 Å². The number of carbonyl (C=O) groups excluding carboxylic acids is 1. The third-order valence-electron chi connectivity index (χ3n) is 5.69. The summed E-state index contributed by atoms with van der Waals surface area (Å²) >= 11 is 0. The molecule has 0 radical (unpaired) electrons. The van der Waals surface area contributed by atoms with E-state index in [2.05, 4.69) is 46.0 Å². The summed E-state index contributed by atoms with van der Waals surface area (Å²) in [5, 5.41) is 1.90. The Hall–Kier alpha value is -1.21. The molecule has 6 heteroatoms. The number of hydrogen-bond donors (Lipinski definition) is 0. The molecule has 1 aromatic carbocycles. The lowest BCUT2D eigenvalue weighted by molar-refractivity contribution is -0.235. The van der Waals surface area contributed by atoms with E-state index in [1.165, 1.54) is 7.11 Å². The number of carbonyl (C=O) groups is 1. The number of nitrogens with zero attached hydrogens (tertiary/aromatic N) is 1. The number of methoxy groups -OCH3 is 1. The van der Waals surface area contributed by atoms with Gasteiger partial charge in [-0.15, -0.1) is 0 Å². The first-order valence-electron chi connectivity index (χ1n) is 9.26. The smallest absolute Gasteiger partial charge is 0.343 e. The lowest BCUT2D eigenvalue weighted by Gasteiger charge is -2.42. The molecule has 0 bridgehead atoms. The van der Waals surface area contributed by atoms with Crippen LogP contribution in [0.1, 0.15) is 39.7 Å². The summed E-state index contributed by atoms with van der Waals surface area (Å²) in [5.74, 6) is -0.362. The molecule has 146 valence electrons. The highest BCUT2D eigenvalue weighted by Gasteiger charge is 2.55. The second-order valence-corrected chi connectivity index (χ2v) is 13.3. The van der Waals surface area contributed by atoms with Crippen LogP contribution in [0.25, 0.3) is 0 Å². The van der Waals surface area contributed by atoms with Crippen molar-refractivity contribution in [2.24, 2.45) is 0 Å². The van der Waals surface area contributed by atoms with Crippen molar-refractivity contribution in [1.29, 1.82) is 0 Å². The third kappa shape index (κ3) is 4.36. The highest BCUT2D eigenvalue weighted by Crippen LogP contribution is 2.41. The van der Waals surface area contributed by atoms with Crippen LogP contribution < -0.4 is 0 Å². The molecule has 0 unspecified atom stereocenters. The average molecular weight is 380 g/mol. The highest BCUT2D eigenvalue weighted by atomic mass is 28.4. The third-order valence-corrected chi connectivity index (χ3v) is 10.2. The molecular formula is C20H33NO4Si. The van der Waals surface area contributed by atoms with Crippen molar-refractivity contribution in [3.05, 3.63) is 35.9 Å². The van der Waals surface area contributed by atoms with Crippen LogP contribution in [0.5, 0.6) is 0 Å². The van der Waals surface area contributed by atoms with Gasteiger partial charge in [-0.25, -0.2) is 4.79 Å². The first-order valence-corrected chi connectivity index (χ1v) is 12.2. The second kappa shape index (κ2) is 7.80. The maximum Gasteiger partial charge on any atom is 0.343 e. The predicted octanol–water partition coefficient (Wildman–Crippen LogP) is 4.15. The van der Waals surface area contributed by atoms with E-state index in [0.717, 1.165) is 5.56 Å². The Balaban J connectivity index is 2.18. The predicted molar refractivity (Wildman–Crippen MR) is 105 cm³/mol. The monoisotopic (exact) mass is 379 g/mol. The van der Waals surface area contributed by atoms with Crippen LogP contribution in [0.15, 0.2) is 30.3 Å². The molecule has 5 nitrogen and oxygen atoms in total. The van der Waals surface area contributed by atoms with Gasteiger partial charge in [0.1, 0.15) is 0 Å². The fourth-order valence-corrected chi connectivity index (χ4v) is 4.41. The molecule has 1 aliphatic heterocycles. The molecule has 1 heterocycles. The highest BCUT2D eigenvalue weighted by molar-refractivity contribution is 6.74. The van der Waals surface area contributed by atoms with Gasteiger partial charge in [-0.1, -0.05) is 51.1 Å². The molecule has 1 aliphatic rings. The van der Waals surface area contributed by atoms with Crippen molar-refractivity contribution < 1.29 is 18.8 Å². The van der Waals surface area contributed by atoms with Gasteiger partial charge in [-0.05, 0) is 30.6 Å². The lowest BCUT2D eigenvalue weighted by atomic mass is 9.95. The Bertz CT molecular complexity index is 614. The SMILES string of the molecule is COC(=O)[C@@]1([C@@H](C)O[Si](C)(C)C(C)(C)C)CCN(Cc2ccccc2)O1. The van der Waals surface area contributed by atoms with Gasteiger partial charge in [0.05, 0.1) is 13.2 Å². The van der Waals surface area contributed by atoms with Gasteiger partial charge in [-0.2, -0.15) is 5.06 Å². The maximum atomic E-state index is 12.7. The minimum Gasteiger partial charge on any atom is -0.467 e. The van der Waals surface area contributed by atoms with E-state index in [1.54, 1.807) is 0 Å². The number of esters is 1. The van der Waals surface area contributed by atoms with Gasteiger partial charge < -0.3 is 9.16 Å². The fourth-order valence-electron chi connectivity index (χ4n) is 2.98. The first kappa shape index (κ1) is 21.1. The Morgan fingerprint density at radius 2 is 1.92 bits per heavy atom. The van der Waals surface area contributed by atoms with E-state index in [4.69, 9.17) is 14.0 Å². The summed E-state index contributed by atoms with van der Waals surface area (Å²) in [5.41, 5.74) is 0.0603. The summed E-state index contributed by atoms with van der Waals surface area (Å²) in [4.78, 5) is 18.9. The Kier molecular flexibility index (Phi) is 6.33. The molecule has 2 rings (SSSR count). The summed E-state index contributed by atoms with van der Waals surface area (Å²) in [6.07, 6.45) is 0.180. The normalized spacial score (nSPS) is 23.0. The molecular weight excluding hydrogens is 346 g/mol. The van der Waals surface area contributed by atoms with E-state index in [-0.39, 0.29) is 17.1 Å². The molecule has 0 aromatic heterocycles. The molecule has 1 fully saturated rings. The topological polar surface area (TPSA) is 48.0 Å². The summed E-state index contributed by atoms with van der Waals surface area (Å²) < 4.78 is 11.6. The zero-order valence-electron chi connectivity index (χ0n) is 17.2. The van der Waals surface area contributed by atoms with Crippen molar-refractivity contribution in [2.45, 2.75) is 70.5 Å². The van der Waals surface area contributed by atoms with Crippen LogP contribution >= 0.6 is 0 Å². The second-order valence-electron chi connectivity index (χ2n) is 8.59. The van der Waals surface area contributed by atoms with E-state index in [1.807, 2.05) is 30.2 Å². The van der Waals surface area contributed by atoms with E-state index in [9.17, 15) is 4.79 Å². The van der Waals surface area contributed by atoms with Crippen molar-refractivity contribution >= 4 is 14.3 Å². The lowest BCUT2D eigenvalue weighted by Crippen LogP contribution is -2.55. The number of ether oxygens (including phenoxy) is 1. The van der Waals surface area contributed by atoms with E-state index >= 15 is 0 Å². The molecule has 26 heavy (non-hydrogen) atoms. The zero-order chi connectivity index (χ0) is 19.6. The maximum absolute atomic E-state index is 12.7. The Morgan fingerprint density at radius 3 is 2.46 bits per heavy atom. The summed E-state index contributed by atoms with van der Waals surface area (Å²) in [7, 11) is -0.635.